The van der Waals surface area contributed by atoms with E-state index in [1.807, 2.05) is 0 Å². The van der Waals surface area contributed by atoms with Crippen molar-refractivity contribution in [3.8, 4) is 17.2 Å². The normalized spacial score (nSPS) is 14.5. The van der Waals surface area contributed by atoms with Gasteiger partial charge in [0.25, 0.3) is 11.1 Å². The standard InChI is InChI=1S/C23H23FN2O6S/c1-30-17-10-15(11-18(31-2)21(17)32-3)12-19-22(28)26(23(29)33-19)8-7-25-20(27)13-14-5-4-6-16(24)9-14/h4-6,9-12H,7-8,13H2,1-3H3,(H,25,27)/b19-12+. The quantitative estimate of drug-likeness (QED) is 0.558. The van der Waals surface area contributed by atoms with Crippen LogP contribution in [0, 0.1) is 5.82 Å². The molecule has 10 heteroatoms. The van der Waals surface area contributed by atoms with Gasteiger partial charge >= 0.3 is 0 Å². The molecule has 174 valence electrons. The van der Waals surface area contributed by atoms with Gasteiger partial charge in [0.05, 0.1) is 32.7 Å². The number of carbonyl (C=O) groups is 3. The van der Waals surface area contributed by atoms with Gasteiger partial charge in [-0.25, -0.2) is 4.39 Å². The fourth-order valence-corrected chi connectivity index (χ4v) is 4.10. The number of benzene rings is 2. The summed E-state index contributed by atoms with van der Waals surface area (Å²) in [6.07, 6.45) is 1.57. The molecule has 0 aliphatic carbocycles. The zero-order valence-electron chi connectivity index (χ0n) is 18.3. The molecule has 33 heavy (non-hydrogen) atoms. The maximum absolute atomic E-state index is 13.2. The van der Waals surface area contributed by atoms with Crippen LogP contribution in [0.25, 0.3) is 6.08 Å². The molecule has 0 radical (unpaired) electrons. The van der Waals surface area contributed by atoms with Gasteiger partial charge in [0, 0.05) is 13.1 Å². The Hall–Kier alpha value is -3.53. The monoisotopic (exact) mass is 474 g/mol. The topological polar surface area (TPSA) is 94.2 Å². The average Bonchev–Trinajstić information content (AvgIpc) is 3.05. The highest BCUT2D eigenvalue weighted by Crippen LogP contribution is 2.40. The molecule has 1 N–H and O–H groups in total. The lowest BCUT2D eigenvalue weighted by molar-refractivity contribution is -0.124. The van der Waals surface area contributed by atoms with Crippen molar-refractivity contribution in [2.24, 2.45) is 0 Å². The third kappa shape index (κ3) is 5.83. The molecule has 1 aliphatic rings. The fraction of sp³-hybridized carbons (Fsp3) is 0.261. The van der Waals surface area contributed by atoms with Gasteiger partial charge in [-0.3, -0.25) is 19.3 Å². The third-order valence-corrected chi connectivity index (χ3v) is 5.68. The number of nitrogens with zero attached hydrogens (tertiary/aromatic N) is 1. The number of carbonyl (C=O) groups excluding carboxylic acids is 3. The number of nitrogens with one attached hydrogen (secondary N) is 1. The highest BCUT2D eigenvalue weighted by molar-refractivity contribution is 8.18. The van der Waals surface area contributed by atoms with Crippen molar-refractivity contribution < 1.29 is 33.0 Å². The zero-order chi connectivity index (χ0) is 24.0. The summed E-state index contributed by atoms with van der Waals surface area (Å²) in [7, 11) is 4.46. The molecule has 3 amide bonds. The number of hydrogen-bond donors (Lipinski definition) is 1. The van der Waals surface area contributed by atoms with E-state index in [1.165, 1.54) is 39.5 Å². The van der Waals surface area contributed by atoms with Crippen LogP contribution in [0.1, 0.15) is 11.1 Å². The van der Waals surface area contributed by atoms with Gasteiger partial charge in [-0.15, -0.1) is 0 Å². The molecule has 0 spiro atoms. The number of hydrogen-bond acceptors (Lipinski definition) is 7. The molecule has 2 aromatic carbocycles. The second-order valence-corrected chi connectivity index (χ2v) is 7.94. The maximum Gasteiger partial charge on any atom is 0.293 e. The molecule has 0 bridgehead atoms. The van der Waals surface area contributed by atoms with E-state index in [9.17, 15) is 18.8 Å². The molecule has 1 aliphatic heterocycles. The van der Waals surface area contributed by atoms with Crippen LogP contribution in [0.15, 0.2) is 41.3 Å². The van der Waals surface area contributed by atoms with Crippen LogP contribution < -0.4 is 19.5 Å². The average molecular weight is 475 g/mol. The number of rotatable bonds is 9. The molecule has 0 saturated carbocycles. The van der Waals surface area contributed by atoms with E-state index in [0.717, 1.165) is 16.7 Å². The summed E-state index contributed by atoms with van der Waals surface area (Å²) in [4.78, 5) is 38.4. The van der Waals surface area contributed by atoms with Crippen LogP contribution in [-0.2, 0) is 16.0 Å². The van der Waals surface area contributed by atoms with E-state index in [2.05, 4.69) is 5.32 Å². The van der Waals surface area contributed by atoms with E-state index >= 15 is 0 Å². The van der Waals surface area contributed by atoms with Gasteiger partial charge in [0.1, 0.15) is 5.82 Å². The number of thioether (sulfide) groups is 1. The van der Waals surface area contributed by atoms with Crippen molar-refractivity contribution in [2.75, 3.05) is 34.4 Å². The molecular weight excluding hydrogens is 451 g/mol. The molecule has 0 atom stereocenters. The van der Waals surface area contributed by atoms with Crippen LogP contribution >= 0.6 is 11.8 Å². The Morgan fingerprint density at radius 3 is 2.39 bits per heavy atom. The molecule has 2 aromatic rings. The molecule has 0 unspecified atom stereocenters. The van der Waals surface area contributed by atoms with Crippen LogP contribution in [-0.4, -0.2) is 56.4 Å². The van der Waals surface area contributed by atoms with Crippen molar-refractivity contribution in [1.82, 2.24) is 10.2 Å². The Morgan fingerprint density at radius 1 is 1.09 bits per heavy atom. The van der Waals surface area contributed by atoms with Crippen LogP contribution in [0.4, 0.5) is 9.18 Å². The Kier molecular flexibility index (Phi) is 7.94. The Morgan fingerprint density at radius 2 is 1.79 bits per heavy atom. The minimum Gasteiger partial charge on any atom is -0.493 e. The molecule has 3 rings (SSSR count). The number of ether oxygens (including phenoxy) is 3. The van der Waals surface area contributed by atoms with Crippen LogP contribution in [0.5, 0.6) is 17.2 Å². The van der Waals surface area contributed by atoms with E-state index in [4.69, 9.17) is 14.2 Å². The van der Waals surface area contributed by atoms with Gasteiger partial charge in [0.15, 0.2) is 11.5 Å². The number of amides is 3. The van der Waals surface area contributed by atoms with Crippen molar-refractivity contribution in [3.63, 3.8) is 0 Å². The summed E-state index contributed by atoms with van der Waals surface area (Å²) < 4.78 is 29.1. The first-order chi connectivity index (χ1) is 15.9. The number of imide groups is 1. The van der Waals surface area contributed by atoms with Crippen molar-refractivity contribution >= 4 is 34.9 Å². The zero-order valence-corrected chi connectivity index (χ0v) is 19.2. The fourth-order valence-electron chi connectivity index (χ4n) is 3.23. The highest BCUT2D eigenvalue weighted by Gasteiger charge is 2.34. The lowest BCUT2D eigenvalue weighted by Gasteiger charge is -2.13. The first-order valence-corrected chi connectivity index (χ1v) is 10.7. The second-order valence-electron chi connectivity index (χ2n) is 6.95. The van der Waals surface area contributed by atoms with Gasteiger partial charge in [0.2, 0.25) is 11.7 Å². The van der Waals surface area contributed by atoms with Gasteiger partial charge in [-0.05, 0) is 53.2 Å². The molecule has 1 fully saturated rings. The third-order valence-electron chi connectivity index (χ3n) is 4.77. The van der Waals surface area contributed by atoms with E-state index in [1.54, 1.807) is 24.3 Å². The highest BCUT2D eigenvalue weighted by atomic mass is 32.2. The van der Waals surface area contributed by atoms with Crippen LogP contribution in [0.3, 0.4) is 0 Å². The molecular formula is C23H23FN2O6S. The van der Waals surface area contributed by atoms with Gasteiger partial charge < -0.3 is 19.5 Å². The van der Waals surface area contributed by atoms with Gasteiger partial charge in [-0.1, -0.05) is 12.1 Å². The summed E-state index contributed by atoms with van der Waals surface area (Å²) in [5.41, 5.74) is 1.13. The van der Waals surface area contributed by atoms with E-state index < -0.39 is 17.0 Å². The molecule has 8 nitrogen and oxygen atoms in total. The summed E-state index contributed by atoms with van der Waals surface area (Å²) >= 11 is 0.808. The Labute approximate surface area is 194 Å². The molecule has 1 heterocycles. The first kappa shape index (κ1) is 24.1. The van der Waals surface area contributed by atoms with Crippen LogP contribution in [0.2, 0.25) is 0 Å². The lowest BCUT2D eigenvalue weighted by atomic mass is 10.1. The minimum absolute atomic E-state index is 0.000686. The smallest absolute Gasteiger partial charge is 0.293 e. The van der Waals surface area contributed by atoms with E-state index in [0.29, 0.717) is 28.4 Å². The SMILES string of the molecule is COc1cc(/C=C2/SC(=O)N(CCNC(=O)Cc3cccc(F)c3)C2=O)cc(OC)c1OC. The largest absolute Gasteiger partial charge is 0.493 e. The van der Waals surface area contributed by atoms with Crippen molar-refractivity contribution in [1.29, 1.82) is 0 Å². The summed E-state index contributed by atoms with van der Waals surface area (Å²) in [5.74, 6) is 0.0431. The predicted octanol–water partition coefficient (Wildman–Crippen LogP) is 3.25. The Balaban J connectivity index is 1.63. The summed E-state index contributed by atoms with van der Waals surface area (Å²) in [6.45, 7) is 0.107. The molecule has 0 aromatic heterocycles. The predicted molar refractivity (Wildman–Crippen MR) is 122 cm³/mol. The number of methoxy groups -OCH3 is 3. The van der Waals surface area contributed by atoms with Crippen molar-refractivity contribution in [2.45, 2.75) is 6.42 Å². The lowest BCUT2D eigenvalue weighted by Crippen LogP contribution is -2.37. The second kappa shape index (κ2) is 10.9. The first-order valence-electron chi connectivity index (χ1n) is 9.92. The number of halogens is 1. The summed E-state index contributed by atoms with van der Waals surface area (Å²) in [5, 5.41) is 2.21. The Bertz CT molecular complexity index is 1080. The maximum atomic E-state index is 13.2. The molecule has 1 saturated heterocycles. The van der Waals surface area contributed by atoms with E-state index in [-0.39, 0.29) is 30.3 Å². The minimum atomic E-state index is -0.460. The summed E-state index contributed by atoms with van der Waals surface area (Å²) in [6, 6.07) is 9.09. The van der Waals surface area contributed by atoms with Gasteiger partial charge in [-0.2, -0.15) is 0 Å². The van der Waals surface area contributed by atoms with Crippen molar-refractivity contribution in [3.05, 3.63) is 58.2 Å².